The molecule has 4 N–H and O–H groups in total. The third-order valence-corrected chi connectivity index (χ3v) is 4.90. The van der Waals surface area contributed by atoms with Crippen molar-refractivity contribution in [2.24, 2.45) is 5.84 Å². The largest absolute Gasteiger partial charge is 0.381 e. The summed E-state index contributed by atoms with van der Waals surface area (Å²) in [5.41, 5.74) is 1.80. The van der Waals surface area contributed by atoms with Gasteiger partial charge in [-0.3, -0.25) is 16.0 Å². The fraction of sp³-hybridized carbons (Fsp3) is 0.455. The number of nitro groups is 1. The molecule has 1 aromatic rings. The van der Waals surface area contributed by atoms with Gasteiger partial charge in [0.15, 0.2) is 0 Å². The molecule has 1 aliphatic rings. The van der Waals surface area contributed by atoms with Crippen molar-refractivity contribution in [1.82, 2.24) is 4.72 Å². The number of nitrogens with two attached hydrogens (primary N) is 1. The number of ether oxygens (including phenoxy) is 1. The molecule has 0 radical (unpaired) electrons. The first-order valence-corrected chi connectivity index (χ1v) is 7.66. The van der Waals surface area contributed by atoms with Crippen LogP contribution in [0, 0.1) is 10.1 Å². The molecular formula is C11H16N4O5S. The van der Waals surface area contributed by atoms with E-state index in [1.807, 2.05) is 0 Å². The number of nitro benzene ring substituents is 1. The highest BCUT2D eigenvalue weighted by molar-refractivity contribution is 7.89. The Morgan fingerprint density at radius 3 is 2.62 bits per heavy atom. The van der Waals surface area contributed by atoms with Crippen molar-refractivity contribution in [3.05, 3.63) is 28.3 Å². The molecule has 0 aromatic heterocycles. The van der Waals surface area contributed by atoms with Gasteiger partial charge in [0.1, 0.15) is 5.69 Å². The van der Waals surface area contributed by atoms with Crippen molar-refractivity contribution in [3.63, 3.8) is 0 Å². The van der Waals surface area contributed by atoms with Gasteiger partial charge >= 0.3 is 0 Å². The van der Waals surface area contributed by atoms with E-state index in [1.54, 1.807) is 7.11 Å². The molecule has 0 bridgehead atoms. The molecule has 1 aliphatic carbocycles. The number of hydrogen-bond donors (Lipinski definition) is 3. The standard InChI is InChI=1S/C11H16N4O5S/c1-20-8-4-7(5-8)14-21(18,19)9-2-3-10(13-12)11(6-9)15(16)17/h2-3,6-8,13-14H,4-5,12H2,1H3. The van der Waals surface area contributed by atoms with Crippen molar-refractivity contribution in [2.45, 2.75) is 29.9 Å². The highest BCUT2D eigenvalue weighted by Crippen LogP contribution is 2.28. The van der Waals surface area contributed by atoms with Crippen molar-refractivity contribution >= 4 is 21.4 Å². The Morgan fingerprint density at radius 1 is 1.43 bits per heavy atom. The first kappa shape index (κ1) is 15.6. The van der Waals surface area contributed by atoms with Gasteiger partial charge in [-0.2, -0.15) is 0 Å². The van der Waals surface area contributed by atoms with E-state index < -0.39 is 20.6 Å². The number of nitrogens with one attached hydrogen (secondary N) is 2. The molecular weight excluding hydrogens is 300 g/mol. The van der Waals surface area contributed by atoms with Crippen molar-refractivity contribution in [3.8, 4) is 0 Å². The van der Waals surface area contributed by atoms with E-state index in [9.17, 15) is 18.5 Å². The van der Waals surface area contributed by atoms with Gasteiger partial charge in [0, 0.05) is 19.2 Å². The van der Waals surface area contributed by atoms with Crippen LogP contribution in [0.25, 0.3) is 0 Å². The number of nitrogen functional groups attached to an aromatic ring is 1. The van der Waals surface area contributed by atoms with Crippen LogP contribution in [0.4, 0.5) is 11.4 Å². The number of sulfonamides is 1. The van der Waals surface area contributed by atoms with E-state index in [0.717, 1.165) is 6.07 Å². The minimum absolute atomic E-state index is 0.0436. The Morgan fingerprint density at radius 2 is 2.10 bits per heavy atom. The predicted molar refractivity (Wildman–Crippen MR) is 75.0 cm³/mol. The minimum atomic E-state index is -3.81. The van der Waals surface area contributed by atoms with Crippen LogP contribution in [0.15, 0.2) is 23.1 Å². The molecule has 1 fully saturated rings. The summed E-state index contributed by atoms with van der Waals surface area (Å²) in [5.74, 6) is 5.16. The quantitative estimate of drug-likeness (QED) is 0.391. The number of anilines is 1. The number of hydrogen-bond acceptors (Lipinski definition) is 7. The lowest BCUT2D eigenvalue weighted by molar-refractivity contribution is -0.384. The summed E-state index contributed by atoms with van der Waals surface area (Å²) in [5, 5.41) is 10.9. The molecule has 21 heavy (non-hydrogen) atoms. The van der Waals surface area contributed by atoms with Crippen LogP contribution >= 0.6 is 0 Å². The summed E-state index contributed by atoms with van der Waals surface area (Å²) in [6.45, 7) is 0. The average Bonchev–Trinajstić information content (AvgIpc) is 2.41. The zero-order valence-corrected chi connectivity index (χ0v) is 12.1. The monoisotopic (exact) mass is 316 g/mol. The van der Waals surface area contributed by atoms with Gasteiger partial charge in [-0.05, 0) is 25.0 Å². The number of methoxy groups -OCH3 is 1. The molecule has 1 saturated carbocycles. The topological polar surface area (TPSA) is 137 Å². The molecule has 2 rings (SSSR count). The summed E-state index contributed by atoms with van der Waals surface area (Å²) < 4.78 is 31.9. The lowest BCUT2D eigenvalue weighted by atomic mass is 9.90. The van der Waals surface area contributed by atoms with Crippen LogP contribution < -0.4 is 16.0 Å². The lowest BCUT2D eigenvalue weighted by Crippen LogP contribution is -2.47. The molecule has 116 valence electrons. The Hall–Kier alpha value is -1.75. The van der Waals surface area contributed by atoms with E-state index in [0.29, 0.717) is 12.8 Å². The lowest BCUT2D eigenvalue weighted by Gasteiger charge is -2.34. The van der Waals surface area contributed by atoms with Gasteiger partial charge in [-0.25, -0.2) is 13.1 Å². The van der Waals surface area contributed by atoms with E-state index in [4.69, 9.17) is 10.6 Å². The maximum Gasteiger partial charge on any atom is 0.294 e. The third kappa shape index (κ3) is 3.29. The second-order valence-electron chi connectivity index (χ2n) is 4.73. The summed E-state index contributed by atoms with van der Waals surface area (Å²) in [6.07, 6.45) is 1.22. The van der Waals surface area contributed by atoms with Gasteiger partial charge in [0.25, 0.3) is 5.69 Å². The second-order valence-corrected chi connectivity index (χ2v) is 6.44. The molecule has 0 saturated heterocycles. The van der Waals surface area contributed by atoms with Gasteiger partial charge in [0.2, 0.25) is 10.0 Å². The van der Waals surface area contributed by atoms with Crippen molar-refractivity contribution in [1.29, 1.82) is 0 Å². The molecule has 0 heterocycles. The second kappa shape index (κ2) is 5.93. The van der Waals surface area contributed by atoms with Crippen LogP contribution in [-0.2, 0) is 14.8 Å². The Bertz CT molecular complexity index is 642. The summed E-state index contributed by atoms with van der Waals surface area (Å²) in [7, 11) is -2.24. The van der Waals surface area contributed by atoms with E-state index >= 15 is 0 Å². The zero-order valence-electron chi connectivity index (χ0n) is 11.3. The molecule has 0 spiro atoms. The molecule has 1 aromatic carbocycles. The molecule has 0 unspecified atom stereocenters. The first-order chi connectivity index (χ1) is 9.87. The van der Waals surface area contributed by atoms with Crippen LogP contribution in [-0.4, -0.2) is 32.6 Å². The van der Waals surface area contributed by atoms with E-state index in [1.165, 1.54) is 12.1 Å². The maximum absolute atomic E-state index is 12.2. The number of nitrogens with zero attached hydrogens (tertiary/aromatic N) is 1. The number of benzene rings is 1. The van der Waals surface area contributed by atoms with Crippen LogP contribution in [0.5, 0.6) is 0 Å². The normalized spacial score (nSPS) is 21.6. The fourth-order valence-electron chi connectivity index (χ4n) is 2.09. The molecule has 9 nitrogen and oxygen atoms in total. The van der Waals surface area contributed by atoms with Crippen LogP contribution in [0.2, 0.25) is 0 Å². The first-order valence-electron chi connectivity index (χ1n) is 6.17. The Kier molecular flexibility index (Phi) is 4.42. The zero-order chi connectivity index (χ0) is 15.6. The Labute approximate surface area is 121 Å². The number of rotatable bonds is 6. The van der Waals surface area contributed by atoms with Crippen molar-refractivity contribution < 1.29 is 18.1 Å². The molecule has 10 heteroatoms. The van der Waals surface area contributed by atoms with Gasteiger partial charge in [0.05, 0.1) is 15.9 Å². The third-order valence-electron chi connectivity index (χ3n) is 3.38. The number of hydrazine groups is 1. The van der Waals surface area contributed by atoms with Gasteiger partial charge in [-0.15, -0.1) is 0 Å². The molecule has 0 amide bonds. The Balaban J connectivity index is 2.20. The van der Waals surface area contributed by atoms with Gasteiger partial charge in [-0.1, -0.05) is 0 Å². The SMILES string of the molecule is COC1CC(NS(=O)(=O)c2ccc(NN)c([N+](=O)[O-])c2)C1. The van der Waals surface area contributed by atoms with E-state index in [2.05, 4.69) is 10.1 Å². The van der Waals surface area contributed by atoms with E-state index in [-0.39, 0.29) is 22.7 Å². The average molecular weight is 316 g/mol. The summed E-state index contributed by atoms with van der Waals surface area (Å²) in [6, 6.07) is 3.28. The predicted octanol–water partition coefficient (Wildman–Crippen LogP) is 0.336. The molecule has 0 aliphatic heterocycles. The fourth-order valence-corrected chi connectivity index (χ4v) is 3.37. The smallest absolute Gasteiger partial charge is 0.294 e. The highest BCUT2D eigenvalue weighted by Gasteiger charge is 2.33. The highest BCUT2D eigenvalue weighted by atomic mass is 32.2. The summed E-state index contributed by atoms with van der Waals surface area (Å²) >= 11 is 0. The van der Waals surface area contributed by atoms with Gasteiger partial charge < -0.3 is 10.2 Å². The molecule has 0 atom stereocenters. The summed E-state index contributed by atoms with van der Waals surface area (Å²) in [4.78, 5) is 10.0. The van der Waals surface area contributed by atoms with Crippen molar-refractivity contribution in [2.75, 3.05) is 12.5 Å². The maximum atomic E-state index is 12.2. The van der Waals surface area contributed by atoms with Crippen LogP contribution in [0.1, 0.15) is 12.8 Å². The van der Waals surface area contributed by atoms with Crippen LogP contribution in [0.3, 0.4) is 0 Å². The minimum Gasteiger partial charge on any atom is -0.381 e.